The molecule has 4 fully saturated rings. The van der Waals surface area contributed by atoms with Gasteiger partial charge in [-0.1, -0.05) is 0 Å². The van der Waals surface area contributed by atoms with E-state index >= 15 is 0 Å². The molecule has 24 heavy (non-hydrogen) atoms. The molecule has 0 aliphatic carbocycles. The second kappa shape index (κ2) is 5.29. The van der Waals surface area contributed by atoms with E-state index in [2.05, 4.69) is 4.90 Å². The van der Waals surface area contributed by atoms with Crippen molar-refractivity contribution < 1.29 is 19.1 Å². The van der Waals surface area contributed by atoms with Gasteiger partial charge in [-0.25, -0.2) is 4.90 Å². The molecular formula is C18H20N2O4. The number of fused-ring (bicyclic) bond motifs is 5. The molecule has 4 aliphatic heterocycles. The van der Waals surface area contributed by atoms with Crippen molar-refractivity contribution in [3.8, 4) is 0 Å². The number of rotatable bonds is 2. The van der Waals surface area contributed by atoms with Crippen LogP contribution in [0.4, 0.5) is 11.4 Å². The average molecular weight is 328 g/mol. The molecule has 0 spiro atoms. The maximum atomic E-state index is 12.8. The van der Waals surface area contributed by atoms with E-state index in [1.165, 1.54) is 4.90 Å². The summed E-state index contributed by atoms with van der Waals surface area (Å²) in [5.41, 5.74) is 1.78. The Kier molecular flexibility index (Phi) is 3.18. The molecule has 0 aromatic heterocycles. The molecule has 4 saturated heterocycles. The fourth-order valence-electron chi connectivity index (χ4n) is 4.60. The highest BCUT2D eigenvalue weighted by Crippen LogP contribution is 2.49. The van der Waals surface area contributed by atoms with Gasteiger partial charge in [0.25, 0.3) is 0 Å². The van der Waals surface area contributed by atoms with Gasteiger partial charge < -0.3 is 14.4 Å². The van der Waals surface area contributed by atoms with Crippen LogP contribution in [0, 0.1) is 11.8 Å². The van der Waals surface area contributed by atoms with Crippen molar-refractivity contribution in [3.63, 3.8) is 0 Å². The van der Waals surface area contributed by atoms with Gasteiger partial charge in [0.05, 0.1) is 42.9 Å². The lowest BCUT2D eigenvalue weighted by atomic mass is 9.81. The van der Waals surface area contributed by atoms with Gasteiger partial charge in [0.1, 0.15) is 0 Å². The number of nitrogens with zero attached hydrogens (tertiary/aromatic N) is 2. The Morgan fingerprint density at radius 3 is 1.96 bits per heavy atom. The molecule has 4 heterocycles. The zero-order chi connectivity index (χ0) is 16.3. The van der Waals surface area contributed by atoms with E-state index in [4.69, 9.17) is 9.47 Å². The Hall–Kier alpha value is -1.92. The second-order valence-electron chi connectivity index (χ2n) is 6.97. The number of imide groups is 1. The molecule has 6 nitrogen and oxygen atoms in total. The van der Waals surface area contributed by atoms with Crippen LogP contribution in [0.3, 0.4) is 0 Å². The molecule has 126 valence electrons. The first-order valence-electron chi connectivity index (χ1n) is 8.70. The number of ether oxygens (including phenoxy) is 2. The van der Waals surface area contributed by atoms with Crippen molar-refractivity contribution in [2.24, 2.45) is 11.8 Å². The fraction of sp³-hybridized carbons (Fsp3) is 0.556. The standard InChI is InChI=1S/C18H20N2O4/c21-17-15-13-5-6-14(24-13)16(15)18(22)20(17)12-3-1-11(2-4-12)19-7-9-23-10-8-19/h1-4,13-16H,5-10H2/t13-,14+,15-,16+. The van der Waals surface area contributed by atoms with Crippen molar-refractivity contribution in [3.05, 3.63) is 24.3 Å². The molecule has 0 N–H and O–H groups in total. The van der Waals surface area contributed by atoms with Crippen molar-refractivity contribution in [2.45, 2.75) is 25.0 Å². The first-order chi connectivity index (χ1) is 11.7. The monoisotopic (exact) mass is 328 g/mol. The lowest BCUT2D eigenvalue weighted by Gasteiger charge is -2.29. The predicted octanol–water partition coefficient (Wildman–Crippen LogP) is 1.19. The second-order valence-corrected chi connectivity index (χ2v) is 6.97. The first-order valence-corrected chi connectivity index (χ1v) is 8.70. The van der Waals surface area contributed by atoms with Gasteiger partial charge >= 0.3 is 0 Å². The molecule has 2 bridgehead atoms. The molecule has 0 unspecified atom stereocenters. The van der Waals surface area contributed by atoms with Crippen LogP contribution in [0.15, 0.2) is 24.3 Å². The van der Waals surface area contributed by atoms with Crippen molar-refractivity contribution in [2.75, 3.05) is 36.1 Å². The van der Waals surface area contributed by atoms with Gasteiger partial charge in [0.15, 0.2) is 0 Å². The van der Waals surface area contributed by atoms with Crippen molar-refractivity contribution >= 4 is 23.2 Å². The summed E-state index contributed by atoms with van der Waals surface area (Å²) in [6.07, 6.45) is 1.67. The number of amides is 2. The summed E-state index contributed by atoms with van der Waals surface area (Å²) < 4.78 is 11.1. The molecule has 1 aromatic rings. The highest BCUT2D eigenvalue weighted by atomic mass is 16.5. The van der Waals surface area contributed by atoms with E-state index < -0.39 is 0 Å². The van der Waals surface area contributed by atoms with Crippen LogP contribution in [0.1, 0.15) is 12.8 Å². The quantitative estimate of drug-likeness (QED) is 0.763. The maximum Gasteiger partial charge on any atom is 0.240 e. The number of hydrogen-bond donors (Lipinski definition) is 0. The normalized spacial score (nSPS) is 35.0. The molecular weight excluding hydrogens is 308 g/mol. The highest BCUT2D eigenvalue weighted by molar-refractivity contribution is 6.22. The molecule has 2 amide bonds. The van der Waals surface area contributed by atoms with Crippen LogP contribution in [-0.4, -0.2) is 50.3 Å². The van der Waals surface area contributed by atoms with Gasteiger partial charge in [0, 0.05) is 18.8 Å². The Morgan fingerprint density at radius 1 is 0.833 bits per heavy atom. The third-order valence-corrected chi connectivity index (χ3v) is 5.77. The molecule has 0 saturated carbocycles. The van der Waals surface area contributed by atoms with Gasteiger partial charge in [-0.05, 0) is 37.1 Å². The maximum absolute atomic E-state index is 12.8. The molecule has 6 heteroatoms. The topological polar surface area (TPSA) is 59.1 Å². The van der Waals surface area contributed by atoms with Crippen LogP contribution < -0.4 is 9.80 Å². The first kappa shape index (κ1) is 14.4. The smallest absolute Gasteiger partial charge is 0.240 e. The molecule has 4 atom stereocenters. The molecule has 4 aliphatic rings. The van der Waals surface area contributed by atoms with E-state index in [9.17, 15) is 9.59 Å². The molecule has 1 aromatic carbocycles. The molecule has 0 radical (unpaired) electrons. The lowest BCUT2D eigenvalue weighted by molar-refractivity contribution is -0.124. The Balaban J connectivity index is 1.40. The van der Waals surface area contributed by atoms with Gasteiger partial charge in [-0.15, -0.1) is 0 Å². The summed E-state index contributed by atoms with van der Waals surface area (Å²) in [6.45, 7) is 3.20. The van der Waals surface area contributed by atoms with E-state index in [-0.39, 0.29) is 35.9 Å². The third kappa shape index (κ3) is 1.96. The number of benzene rings is 1. The van der Waals surface area contributed by atoms with Crippen LogP contribution in [0.2, 0.25) is 0 Å². The number of morpholine rings is 1. The molecule has 5 rings (SSSR count). The lowest BCUT2D eigenvalue weighted by Crippen LogP contribution is -2.36. The summed E-state index contributed by atoms with van der Waals surface area (Å²) in [5.74, 6) is -0.710. The third-order valence-electron chi connectivity index (χ3n) is 5.77. The van der Waals surface area contributed by atoms with E-state index in [0.717, 1.165) is 44.8 Å². The summed E-state index contributed by atoms with van der Waals surface area (Å²) in [6, 6.07) is 7.73. The largest absolute Gasteiger partial charge is 0.378 e. The summed E-state index contributed by atoms with van der Waals surface area (Å²) in [4.78, 5) is 29.2. The van der Waals surface area contributed by atoms with E-state index in [1.54, 1.807) is 0 Å². The Bertz CT molecular complexity index is 655. The average Bonchev–Trinajstić information content (AvgIpc) is 3.30. The zero-order valence-electron chi connectivity index (χ0n) is 13.4. The van der Waals surface area contributed by atoms with Crippen molar-refractivity contribution in [1.29, 1.82) is 0 Å². The summed E-state index contributed by atoms with van der Waals surface area (Å²) in [7, 11) is 0. The van der Waals surface area contributed by atoms with Crippen LogP contribution >= 0.6 is 0 Å². The number of carbonyl (C=O) groups excluding carboxylic acids is 2. The van der Waals surface area contributed by atoms with E-state index in [1.807, 2.05) is 24.3 Å². The predicted molar refractivity (Wildman–Crippen MR) is 86.8 cm³/mol. The van der Waals surface area contributed by atoms with Crippen molar-refractivity contribution in [1.82, 2.24) is 0 Å². The fourth-order valence-corrected chi connectivity index (χ4v) is 4.60. The van der Waals surface area contributed by atoms with Crippen LogP contribution in [0.25, 0.3) is 0 Å². The summed E-state index contributed by atoms with van der Waals surface area (Å²) in [5, 5.41) is 0. The summed E-state index contributed by atoms with van der Waals surface area (Å²) >= 11 is 0. The van der Waals surface area contributed by atoms with Crippen LogP contribution in [-0.2, 0) is 19.1 Å². The highest BCUT2D eigenvalue weighted by Gasteiger charge is 2.62. The zero-order valence-corrected chi connectivity index (χ0v) is 13.4. The van der Waals surface area contributed by atoms with Gasteiger partial charge in [-0.2, -0.15) is 0 Å². The van der Waals surface area contributed by atoms with Gasteiger partial charge in [-0.3, -0.25) is 9.59 Å². The number of carbonyl (C=O) groups is 2. The Labute approximate surface area is 140 Å². The Morgan fingerprint density at radius 2 is 1.38 bits per heavy atom. The van der Waals surface area contributed by atoms with Gasteiger partial charge in [0.2, 0.25) is 11.8 Å². The number of anilines is 2. The minimum absolute atomic E-state index is 0.0610. The minimum Gasteiger partial charge on any atom is -0.378 e. The minimum atomic E-state index is -0.268. The SMILES string of the molecule is O=C1[C@@H]2[C@H](C(=O)N1c1ccc(N3CCOCC3)cc1)[C@H]1CC[C@@H]2O1. The van der Waals surface area contributed by atoms with E-state index in [0.29, 0.717) is 5.69 Å². The number of hydrogen-bond acceptors (Lipinski definition) is 5. The van der Waals surface area contributed by atoms with Crippen LogP contribution in [0.5, 0.6) is 0 Å².